The predicted molar refractivity (Wildman–Crippen MR) is 66.4 cm³/mol. The van der Waals surface area contributed by atoms with Crippen LogP contribution < -0.4 is 5.73 Å². The van der Waals surface area contributed by atoms with Crippen LogP contribution in [0.15, 0.2) is 42.7 Å². The maximum absolute atomic E-state index is 11.1. The Morgan fingerprint density at radius 1 is 1.18 bits per heavy atom. The average molecular weight is 225 g/mol. The van der Waals surface area contributed by atoms with E-state index in [1.165, 1.54) is 0 Å². The van der Waals surface area contributed by atoms with E-state index in [2.05, 4.69) is 4.98 Å². The average Bonchev–Trinajstić information content (AvgIpc) is 2.65. The summed E-state index contributed by atoms with van der Waals surface area (Å²) in [7, 11) is 0. The summed E-state index contributed by atoms with van der Waals surface area (Å²) in [5.41, 5.74) is 7.23. The van der Waals surface area contributed by atoms with Gasteiger partial charge in [0, 0.05) is 22.5 Å². The molecular formula is C13H11N3O. The molecule has 3 rings (SSSR count). The van der Waals surface area contributed by atoms with Crippen LogP contribution in [0, 0.1) is 0 Å². The highest BCUT2D eigenvalue weighted by Gasteiger charge is 2.10. The quantitative estimate of drug-likeness (QED) is 0.721. The van der Waals surface area contributed by atoms with Crippen molar-refractivity contribution < 1.29 is 4.79 Å². The SMILES string of the molecule is NC(=O)Cn1c2ccccc2c2ccncc21. The van der Waals surface area contributed by atoms with E-state index < -0.39 is 0 Å². The van der Waals surface area contributed by atoms with Crippen molar-refractivity contribution in [2.45, 2.75) is 6.54 Å². The summed E-state index contributed by atoms with van der Waals surface area (Å²) in [6.07, 6.45) is 3.52. The number of fused-ring (bicyclic) bond motifs is 3. The number of primary amides is 1. The number of para-hydroxylation sites is 1. The molecule has 84 valence electrons. The molecule has 2 N–H and O–H groups in total. The van der Waals surface area contributed by atoms with E-state index in [9.17, 15) is 4.79 Å². The van der Waals surface area contributed by atoms with Crippen molar-refractivity contribution in [2.24, 2.45) is 5.73 Å². The van der Waals surface area contributed by atoms with Crippen molar-refractivity contribution >= 4 is 27.7 Å². The Hall–Kier alpha value is -2.36. The predicted octanol–water partition coefficient (Wildman–Crippen LogP) is 1.67. The minimum atomic E-state index is -0.350. The zero-order valence-corrected chi connectivity index (χ0v) is 9.13. The van der Waals surface area contributed by atoms with E-state index in [1.54, 1.807) is 12.4 Å². The summed E-state index contributed by atoms with van der Waals surface area (Å²) < 4.78 is 1.90. The second-order valence-electron chi connectivity index (χ2n) is 3.96. The summed E-state index contributed by atoms with van der Waals surface area (Å²) in [6.45, 7) is 0.176. The van der Waals surface area contributed by atoms with Gasteiger partial charge in [-0.25, -0.2) is 0 Å². The highest BCUT2D eigenvalue weighted by atomic mass is 16.1. The third-order valence-electron chi connectivity index (χ3n) is 2.89. The topological polar surface area (TPSA) is 60.9 Å². The molecule has 0 saturated heterocycles. The molecule has 3 aromatic rings. The first-order valence-corrected chi connectivity index (χ1v) is 5.36. The van der Waals surface area contributed by atoms with Gasteiger partial charge in [-0.1, -0.05) is 18.2 Å². The molecule has 2 aromatic heterocycles. The molecule has 0 radical (unpaired) electrons. The van der Waals surface area contributed by atoms with E-state index in [-0.39, 0.29) is 12.5 Å². The Balaban J connectivity index is 2.45. The summed E-state index contributed by atoms with van der Waals surface area (Å²) >= 11 is 0. The fraction of sp³-hybridized carbons (Fsp3) is 0.0769. The summed E-state index contributed by atoms with van der Waals surface area (Å²) in [5, 5.41) is 2.21. The third-order valence-corrected chi connectivity index (χ3v) is 2.89. The van der Waals surface area contributed by atoms with Gasteiger partial charge in [0.1, 0.15) is 6.54 Å². The normalized spacial score (nSPS) is 11.1. The van der Waals surface area contributed by atoms with Crippen LogP contribution in [0.3, 0.4) is 0 Å². The lowest BCUT2D eigenvalue weighted by Crippen LogP contribution is -2.18. The van der Waals surface area contributed by atoms with Gasteiger partial charge in [-0.15, -0.1) is 0 Å². The number of amides is 1. The van der Waals surface area contributed by atoms with Crippen molar-refractivity contribution in [1.29, 1.82) is 0 Å². The zero-order chi connectivity index (χ0) is 11.8. The fourth-order valence-electron chi connectivity index (χ4n) is 2.22. The lowest BCUT2D eigenvalue weighted by molar-refractivity contribution is -0.118. The monoisotopic (exact) mass is 225 g/mol. The highest BCUT2D eigenvalue weighted by Crippen LogP contribution is 2.27. The second kappa shape index (κ2) is 3.59. The van der Waals surface area contributed by atoms with Gasteiger partial charge in [0.05, 0.1) is 11.7 Å². The first kappa shape index (κ1) is 9.84. The molecule has 2 heterocycles. The zero-order valence-electron chi connectivity index (χ0n) is 9.13. The lowest BCUT2D eigenvalue weighted by atomic mass is 10.2. The van der Waals surface area contributed by atoms with Crippen LogP contribution >= 0.6 is 0 Å². The molecule has 0 aliphatic rings. The Bertz CT molecular complexity index is 662. The minimum Gasteiger partial charge on any atom is -0.368 e. The van der Waals surface area contributed by atoms with Gasteiger partial charge in [-0.05, 0) is 12.1 Å². The van der Waals surface area contributed by atoms with Crippen molar-refractivity contribution in [1.82, 2.24) is 9.55 Å². The summed E-state index contributed by atoms with van der Waals surface area (Å²) in [4.78, 5) is 15.2. The Labute approximate surface area is 97.7 Å². The van der Waals surface area contributed by atoms with E-state index in [0.29, 0.717) is 0 Å². The van der Waals surface area contributed by atoms with Crippen LogP contribution in [0.1, 0.15) is 0 Å². The molecule has 17 heavy (non-hydrogen) atoms. The van der Waals surface area contributed by atoms with E-state index in [1.807, 2.05) is 34.9 Å². The van der Waals surface area contributed by atoms with Gasteiger partial charge >= 0.3 is 0 Å². The van der Waals surface area contributed by atoms with Crippen LogP contribution in [-0.4, -0.2) is 15.5 Å². The van der Waals surface area contributed by atoms with Crippen LogP contribution in [0.4, 0.5) is 0 Å². The van der Waals surface area contributed by atoms with Crippen LogP contribution in [0.25, 0.3) is 21.8 Å². The number of nitrogens with zero attached hydrogens (tertiary/aromatic N) is 2. The molecule has 4 nitrogen and oxygen atoms in total. The maximum Gasteiger partial charge on any atom is 0.237 e. The smallest absolute Gasteiger partial charge is 0.237 e. The number of nitrogens with two attached hydrogens (primary N) is 1. The van der Waals surface area contributed by atoms with Gasteiger partial charge in [0.25, 0.3) is 0 Å². The molecule has 0 atom stereocenters. The van der Waals surface area contributed by atoms with E-state index in [0.717, 1.165) is 21.8 Å². The van der Waals surface area contributed by atoms with Crippen molar-refractivity contribution in [3.8, 4) is 0 Å². The molecule has 4 heteroatoms. The van der Waals surface area contributed by atoms with Gasteiger partial charge < -0.3 is 10.3 Å². The van der Waals surface area contributed by atoms with Gasteiger partial charge in [-0.3, -0.25) is 9.78 Å². The number of carbonyl (C=O) groups is 1. The fourth-order valence-corrected chi connectivity index (χ4v) is 2.22. The number of carbonyl (C=O) groups excluding carboxylic acids is 1. The number of pyridine rings is 1. The van der Waals surface area contributed by atoms with Crippen LogP contribution in [0.5, 0.6) is 0 Å². The first-order valence-electron chi connectivity index (χ1n) is 5.36. The lowest BCUT2D eigenvalue weighted by Gasteiger charge is -2.03. The Morgan fingerprint density at radius 3 is 2.76 bits per heavy atom. The van der Waals surface area contributed by atoms with Gasteiger partial charge in [0.15, 0.2) is 0 Å². The largest absolute Gasteiger partial charge is 0.368 e. The first-order chi connectivity index (χ1) is 8.27. The number of hydrogen-bond acceptors (Lipinski definition) is 2. The number of hydrogen-bond donors (Lipinski definition) is 1. The summed E-state index contributed by atoms with van der Waals surface area (Å²) in [5.74, 6) is -0.350. The Kier molecular flexibility index (Phi) is 2.08. The van der Waals surface area contributed by atoms with Crippen molar-refractivity contribution in [2.75, 3.05) is 0 Å². The molecule has 0 bridgehead atoms. The highest BCUT2D eigenvalue weighted by molar-refractivity contribution is 6.08. The number of aromatic nitrogens is 2. The molecule has 0 aliphatic carbocycles. The molecule has 0 fully saturated rings. The maximum atomic E-state index is 11.1. The molecule has 1 amide bonds. The number of benzene rings is 1. The summed E-state index contributed by atoms with van der Waals surface area (Å²) in [6, 6.07) is 9.91. The van der Waals surface area contributed by atoms with Gasteiger partial charge in [-0.2, -0.15) is 0 Å². The van der Waals surface area contributed by atoms with Crippen molar-refractivity contribution in [3.63, 3.8) is 0 Å². The van der Waals surface area contributed by atoms with Crippen molar-refractivity contribution in [3.05, 3.63) is 42.7 Å². The molecule has 1 aromatic carbocycles. The standard InChI is InChI=1S/C13H11N3O/c14-13(17)8-16-11-4-2-1-3-9(11)10-5-6-15-7-12(10)16/h1-7H,8H2,(H2,14,17). The van der Waals surface area contributed by atoms with Crippen LogP contribution in [-0.2, 0) is 11.3 Å². The second-order valence-corrected chi connectivity index (χ2v) is 3.96. The molecule has 0 unspecified atom stereocenters. The van der Waals surface area contributed by atoms with Gasteiger partial charge in [0.2, 0.25) is 5.91 Å². The molecule has 0 saturated carbocycles. The van der Waals surface area contributed by atoms with E-state index in [4.69, 9.17) is 5.73 Å². The molecule has 0 aliphatic heterocycles. The van der Waals surface area contributed by atoms with E-state index >= 15 is 0 Å². The number of rotatable bonds is 2. The molecular weight excluding hydrogens is 214 g/mol. The molecule has 0 spiro atoms. The van der Waals surface area contributed by atoms with Crippen LogP contribution in [0.2, 0.25) is 0 Å². The third kappa shape index (κ3) is 1.45. The Morgan fingerprint density at radius 2 is 1.94 bits per heavy atom. The minimum absolute atomic E-state index is 0.176.